The minimum atomic E-state index is -0.252. The first-order chi connectivity index (χ1) is 7.24. The van der Waals surface area contributed by atoms with Gasteiger partial charge in [-0.25, -0.2) is 4.39 Å². The molecule has 0 saturated carbocycles. The van der Waals surface area contributed by atoms with Gasteiger partial charge in [-0.15, -0.1) is 0 Å². The molecule has 0 aliphatic rings. The SMILES string of the molecule is Cc1ccc(F)cc1OCCCCCN. The van der Waals surface area contributed by atoms with E-state index in [1.54, 1.807) is 6.07 Å². The van der Waals surface area contributed by atoms with Gasteiger partial charge in [-0.1, -0.05) is 6.07 Å². The van der Waals surface area contributed by atoms with Crippen LogP contribution in [-0.4, -0.2) is 13.2 Å². The van der Waals surface area contributed by atoms with E-state index in [0.717, 1.165) is 31.4 Å². The van der Waals surface area contributed by atoms with Crippen LogP contribution in [0, 0.1) is 12.7 Å². The van der Waals surface area contributed by atoms with Crippen molar-refractivity contribution in [2.75, 3.05) is 13.2 Å². The first-order valence-corrected chi connectivity index (χ1v) is 5.33. The molecule has 15 heavy (non-hydrogen) atoms. The molecule has 0 aliphatic heterocycles. The van der Waals surface area contributed by atoms with E-state index in [1.807, 2.05) is 6.92 Å². The van der Waals surface area contributed by atoms with Gasteiger partial charge in [0.25, 0.3) is 0 Å². The van der Waals surface area contributed by atoms with Gasteiger partial charge in [-0.2, -0.15) is 0 Å². The Morgan fingerprint density at radius 2 is 2.07 bits per heavy atom. The van der Waals surface area contributed by atoms with E-state index in [1.165, 1.54) is 12.1 Å². The summed E-state index contributed by atoms with van der Waals surface area (Å²) in [4.78, 5) is 0. The highest BCUT2D eigenvalue weighted by Crippen LogP contribution is 2.18. The van der Waals surface area contributed by atoms with E-state index in [9.17, 15) is 4.39 Å². The van der Waals surface area contributed by atoms with E-state index >= 15 is 0 Å². The lowest BCUT2D eigenvalue weighted by atomic mass is 10.2. The first-order valence-electron chi connectivity index (χ1n) is 5.33. The van der Waals surface area contributed by atoms with E-state index in [0.29, 0.717) is 12.4 Å². The summed E-state index contributed by atoms with van der Waals surface area (Å²) >= 11 is 0. The van der Waals surface area contributed by atoms with Crippen molar-refractivity contribution in [3.05, 3.63) is 29.6 Å². The van der Waals surface area contributed by atoms with E-state index in [-0.39, 0.29) is 5.82 Å². The number of unbranched alkanes of at least 4 members (excludes halogenated alkanes) is 2. The normalized spacial score (nSPS) is 10.3. The van der Waals surface area contributed by atoms with Crippen LogP contribution in [0.15, 0.2) is 18.2 Å². The molecule has 0 atom stereocenters. The van der Waals surface area contributed by atoms with Gasteiger partial charge in [0.2, 0.25) is 0 Å². The lowest BCUT2D eigenvalue weighted by molar-refractivity contribution is 0.302. The number of aryl methyl sites for hydroxylation is 1. The summed E-state index contributed by atoms with van der Waals surface area (Å²) in [5.74, 6) is 0.389. The summed E-state index contributed by atoms with van der Waals surface area (Å²) in [5.41, 5.74) is 6.34. The summed E-state index contributed by atoms with van der Waals surface area (Å²) in [7, 11) is 0. The molecular formula is C12H18FNO. The average Bonchev–Trinajstić information content (AvgIpc) is 2.23. The van der Waals surface area contributed by atoms with Gasteiger partial charge in [0, 0.05) is 6.07 Å². The van der Waals surface area contributed by atoms with Gasteiger partial charge >= 0.3 is 0 Å². The third-order valence-corrected chi connectivity index (χ3v) is 2.26. The van der Waals surface area contributed by atoms with Gasteiger partial charge in [0.1, 0.15) is 11.6 Å². The Balaban J connectivity index is 2.33. The second-order valence-electron chi connectivity index (χ2n) is 3.61. The van der Waals surface area contributed by atoms with Crippen LogP contribution in [0.2, 0.25) is 0 Å². The van der Waals surface area contributed by atoms with Gasteiger partial charge in [-0.05, 0) is 44.4 Å². The molecule has 1 rings (SSSR count). The van der Waals surface area contributed by atoms with Crippen LogP contribution in [0.25, 0.3) is 0 Å². The molecule has 0 aliphatic carbocycles. The van der Waals surface area contributed by atoms with Gasteiger partial charge in [0.05, 0.1) is 6.61 Å². The highest BCUT2D eigenvalue weighted by atomic mass is 19.1. The van der Waals surface area contributed by atoms with Crippen molar-refractivity contribution in [3.8, 4) is 5.75 Å². The minimum Gasteiger partial charge on any atom is -0.493 e. The Hall–Kier alpha value is -1.09. The highest BCUT2D eigenvalue weighted by Gasteiger charge is 2.00. The first kappa shape index (κ1) is 12.0. The van der Waals surface area contributed by atoms with Crippen molar-refractivity contribution in [2.45, 2.75) is 26.2 Å². The van der Waals surface area contributed by atoms with Gasteiger partial charge < -0.3 is 10.5 Å². The van der Waals surface area contributed by atoms with Gasteiger partial charge in [0.15, 0.2) is 0 Å². The van der Waals surface area contributed by atoms with E-state index in [2.05, 4.69) is 0 Å². The van der Waals surface area contributed by atoms with Crippen molar-refractivity contribution in [1.82, 2.24) is 0 Å². The number of benzene rings is 1. The quantitative estimate of drug-likeness (QED) is 0.734. The lowest BCUT2D eigenvalue weighted by Crippen LogP contribution is -2.02. The van der Waals surface area contributed by atoms with Crippen LogP contribution in [-0.2, 0) is 0 Å². The Morgan fingerprint density at radius 1 is 1.27 bits per heavy atom. The van der Waals surface area contributed by atoms with Crippen LogP contribution < -0.4 is 10.5 Å². The molecule has 2 nitrogen and oxygen atoms in total. The standard InChI is InChI=1S/C12H18FNO/c1-10-5-6-11(13)9-12(10)15-8-4-2-3-7-14/h5-6,9H,2-4,7-8,14H2,1H3. The van der Waals surface area contributed by atoms with Crippen molar-refractivity contribution in [2.24, 2.45) is 5.73 Å². The summed E-state index contributed by atoms with van der Waals surface area (Å²) in [5, 5.41) is 0. The molecule has 3 heteroatoms. The number of ether oxygens (including phenoxy) is 1. The Labute approximate surface area is 90.2 Å². The predicted molar refractivity (Wildman–Crippen MR) is 59.5 cm³/mol. The number of rotatable bonds is 6. The molecule has 1 aromatic carbocycles. The molecular weight excluding hydrogens is 193 g/mol. The zero-order valence-corrected chi connectivity index (χ0v) is 9.13. The third-order valence-electron chi connectivity index (χ3n) is 2.26. The molecule has 0 aromatic heterocycles. The van der Waals surface area contributed by atoms with Gasteiger partial charge in [-0.3, -0.25) is 0 Å². The molecule has 0 bridgehead atoms. The van der Waals surface area contributed by atoms with Crippen LogP contribution in [0.1, 0.15) is 24.8 Å². The molecule has 1 aromatic rings. The fraction of sp³-hybridized carbons (Fsp3) is 0.500. The zero-order chi connectivity index (χ0) is 11.1. The molecule has 0 heterocycles. The summed E-state index contributed by atoms with van der Waals surface area (Å²) < 4.78 is 18.4. The number of nitrogens with two attached hydrogens (primary N) is 1. The second-order valence-corrected chi connectivity index (χ2v) is 3.61. The number of halogens is 1. The zero-order valence-electron chi connectivity index (χ0n) is 9.13. The fourth-order valence-electron chi connectivity index (χ4n) is 1.33. The second kappa shape index (κ2) is 6.40. The summed E-state index contributed by atoms with van der Waals surface area (Å²) in [6, 6.07) is 4.60. The molecule has 84 valence electrons. The minimum absolute atomic E-state index is 0.252. The van der Waals surface area contributed by atoms with Crippen LogP contribution >= 0.6 is 0 Å². The Bertz CT molecular complexity index is 302. The van der Waals surface area contributed by atoms with Crippen LogP contribution in [0.4, 0.5) is 4.39 Å². The van der Waals surface area contributed by atoms with E-state index in [4.69, 9.17) is 10.5 Å². The molecule has 2 N–H and O–H groups in total. The maximum absolute atomic E-state index is 12.9. The monoisotopic (exact) mass is 211 g/mol. The predicted octanol–water partition coefficient (Wildman–Crippen LogP) is 2.64. The van der Waals surface area contributed by atoms with E-state index < -0.39 is 0 Å². The Kier molecular flexibility index (Phi) is 5.12. The number of hydrogen-bond acceptors (Lipinski definition) is 2. The Morgan fingerprint density at radius 3 is 2.80 bits per heavy atom. The lowest BCUT2D eigenvalue weighted by Gasteiger charge is -2.08. The van der Waals surface area contributed by atoms with Crippen molar-refractivity contribution in [3.63, 3.8) is 0 Å². The molecule has 0 saturated heterocycles. The fourth-order valence-corrected chi connectivity index (χ4v) is 1.33. The maximum Gasteiger partial charge on any atom is 0.126 e. The molecule has 0 spiro atoms. The van der Waals surface area contributed by atoms with Crippen molar-refractivity contribution >= 4 is 0 Å². The number of hydrogen-bond donors (Lipinski definition) is 1. The summed E-state index contributed by atoms with van der Waals surface area (Å²) in [6.45, 7) is 3.26. The molecule has 0 amide bonds. The van der Waals surface area contributed by atoms with Crippen molar-refractivity contribution < 1.29 is 9.13 Å². The largest absolute Gasteiger partial charge is 0.493 e. The maximum atomic E-state index is 12.9. The molecule has 0 unspecified atom stereocenters. The highest BCUT2D eigenvalue weighted by molar-refractivity contribution is 5.32. The topological polar surface area (TPSA) is 35.2 Å². The molecule has 0 radical (unpaired) electrons. The summed E-state index contributed by atoms with van der Waals surface area (Å²) in [6.07, 6.45) is 3.05. The smallest absolute Gasteiger partial charge is 0.126 e. The molecule has 0 fully saturated rings. The third kappa shape index (κ3) is 4.30. The average molecular weight is 211 g/mol. The van der Waals surface area contributed by atoms with Crippen molar-refractivity contribution in [1.29, 1.82) is 0 Å². The van der Waals surface area contributed by atoms with Crippen LogP contribution in [0.3, 0.4) is 0 Å². The van der Waals surface area contributed by atoms with Crippen LogP contribution in [0.5, 0.6) is 5.75 Å².